The first-order valence-electron chi connectivity index (χ1n) is 9.32. The van der Waals surface area contributed by atoms with E-state index < -0.39 is 17.2 Å². The second-order valence-corrected chi connectivity index (χ2v) is 8.62. The van der Waals surface area contributed by atoms with Crippen LogP contribution in [0.5, 0.6) is 0 Å². The SMILES string of the molecule is Cc1ccccc1-n1c(S[C@H](C(=O)NC(N)=O)C(C)C)nnc1-c1ccc(Cl)cc1. The minimum Gasteiger partial charge on any atom is -0.351 e. The molecule has 3 aromatic rings. The monoisotopic (exact) mass is 443 g/mol. The number of urea groups is 1. The number of hydrogen-bond acceptors (Lipinski definition) is 5. The number of thioether (sulfide) groups is 1. The highest BCUT2D eigenvalue weighted by Gasteiger charge is 2.28. The molecule has 156 valence electrons. The predicted molar refractivity (Wildman–Crippen MR) is 119 cm³/mol. The molecule has 3 amide bonds. The number of aryl methyl sites for hydroxylation is 1. The third-order valence-electron chi connectivity index (χ3n) is 4.43. The molecule has 0 aliphatic rings. The maximum absolute atomic E-state index is 12.5. The molecule has 3 rings (SSSR count). The van der Waals surface area contributed by atoms with Gasteiger partial charge < -0.3 is 5.73 Å². The van der Waals surface area contributed by atoms with E-state index in [0.29, 0.717) is 16.0 Å². The Balaban J connectivity index is 2.10. The van der Waals surface area contributed by atoms with Crippen molar-refractivity contribution in [3.05, 3.63) is 59.1 Å². The van der Waals surface area contributed by atoms with Gasteiger partial charge in [-0.05, 0) is 48.7 Å². The van der Waals surface area contributed by atoms with Crippen LogP contribution in [-0.4, -0.2) is 32.0 Å². The van der Waals surface area contributed by atoms with Gasteiger partial charge in [-0.15, -0.1) is 10.2 Å². The van der Waals surface area contributed by atoms with Gasteiger partial charge in [-0.1, -0.05) is 55.4 Å². The fourth-order valence-corrected chi connectivity index (χ4v) is 4.13. The number of rotatable bonds is 6. The summed E-state index contributed by atoms with van der Waals surface area (Å²) in [4.78, 5) is 23.7. The van der Waals surface area contributed by atoms with Crippen LogP contribution in [0.2, 0.25) is 5.02 Å². The topological polar surface area (TPSA) is 103 Å². The molecular formula is C21H22ClN5O2S. The summed E-state index contributed by atoms with van der Waals surface area (Å²) in [6.45, 7) is 5.79. The van der Waals surface area contributed by atoms with Crippen molar-refractivity contribution >= 4 is 35.3 Å². The van der Waals surface area contributed by atoms with Crippen molar-refractivity contribution in [1.82, 2.24) is 20.1 Å². The summed E-state index contributed by atoms with van der Waals surface area (Å²) in [5.74, 6) is 0.0894. The Labute approximate surface area is 184 Å². The number of primary amides is 1. The van der Waals surface area contributed by atoms with E-state index in [1.165, 1.54) is 11.8 Å². The van der Waals surface area contributed by atoms with E-state index in [-0.39, 0.29) is 5.92 Å². The van der Waals surface area contributed by atoms with E-state index >= 15 is 0 Å². The molecule has 0 fully saturated rings. The Bertz CT molecular complexity index is 1070. The third kappa shape index (κ3) is 4.83. The second-order valence-electron chi connectivity index (χ2n) is 7.07. The van der Waals surface area contributed by atoms with Gasteiger partial charge in [0.15, 0.2) is 11.0 Å². The molecule has 0 saturated heterocycles. The highest BCUT2D eigenvalue weighted by atomic mass is 35.5. The van der Waals surface area contributed by atoms with Crippen molar-refractivity contribution < 1.29 is 9.59 Å². The highest BCUT2D eigenvalue weighted by molar-refractivity contribution is 8.00. The number of aromatic nitrogens is 3. The van der Waals surface area contributed by atoms with Crippen LogP contribution in [0.3, 0.4) is 0 Å². The molecule has 1 heterocycles. The van der Waals surface area contributed by atoms with E-state index in [1.807, 2.05) is 61.7 Å². The lowest BCUT2D eigenvalue weighted by molar-refractivity contribution is -0.120. The van der Waals surface area contributed by atoms with Gasteiger partial charge >= 0.3 is 6.03 Å². The summed E-state index contributed by atoms with van der Waals surface area (Å²) in [6.07, 6.45) is 0. The summed E-state index contributed by atoms with van der Waals surface area (Å²) in [5, 5.41) is 11.5. The van der Waals surface area contributed by atoms with Crippen LogP contribution in [0.15, 0.2) is 53.7 Å². The minimum absolute atomic E-state index is 0.0737. The average Bonchev–Trinajstić information content (AvgIpc) is 3.09. The zero-order chi connectivity index (χ0) is 21.8. The predicted octanol–water partition coefficient (Wildman–Crippen LogP) is 4.21. The van der Waals surface area contributed by atoms with Gasteiger partial charge in [0.2, 0.25) is 5.91 Å². The molecule has 9 heteroatoms. The summed E-state index contributed by atoms with van der Waals surface area (Å²) >= 11 is 7.28. The van der Waals surface area contributed by atoms with E-state index in [2.05, 4.69) is 15.5 Å². The van der Waals surface area contributed by atoms with Gasteiger partial charge in [0, 0.05) is 10.6 Å². The molecule has 0 aliphatic carbocycles. The molecule has 7 nitrogen and oxygen atoms in total. The number of imide groups is 1. The van der Waals surface area contributed by atoms with Crippen molar-refractivity contribution in [2.75, 3.05) is 0 Å². The first-order chi connectivity index (χ1) is 14.3. The molecule has 0 bridgehead atoms. The number of benzene rings is 2. The van der Waals surface area contributed by atoms with Crippen LogP contribution in [0.25, 0.3) is 17.1 Å². The van der Waals surface area contributed by atoms with E-state index in [9.17, 15) is 9.59 Å². The van der Waals surface area contributed by atoms with Crippen LogP contribution in [-0.2, 0) is 4.79 Å². The van der Waals surface area contributed by atoms with Gasteiger partial charge in [0.05, 0.1) is 10.9 Å². The molecule has 0 saturated carbocycles. The average molecular weight is 444 g/mol. The highest BCUT2D eigenvalue weighted by Crippen LogP contribution is 2.33. The lowest BCUT2D eigenvalue weighted by Crippen LogP contribution is -2.42. The van der Waals surface area contributed by atoms with Crippen LogP contribution < -0.4 is 11.1 Å². The number of halogens is 1. The molecule has 3 N–H and O–H groups in total. The molecule has 1 atom stereocenters. The molecule has 30 heavy (non-hydrogen) atoms. The first kappa shape index (κ1) is 21.9. The summed E-state index contributed by atoms with van der Waals surface area (Å²) in [7, 11) is 0. The first-order valence-corrected chi connectivity index (χ1v) is 10.6. The molecule has 1 aromatic heterocycles. The molecule has 0 unspecified atom stereocenters. The number of carbonyl (C=O) groups excluding carboxylic acids is 2. The van der Waals surface area contributed by atoms with Crippen LogP contribution in [0.1, 0.15) is 19.4 Å². The number of hydrogen-bond donors (Lipinski definition) is 2. The van der Waals surface area contributed by atoms with E-state index in [0.717, 1.165) is 16.8 Å². The standard InChI is InChI=1S/C21H22ClN5O2S/c1-12(2)17(19(28)24-20(23)29)30-21-26-25-18(14-8-10-15(22)11-9-14)27(21)16-7-5-4-6-13(16)3/h4-12,17H,1-3H3,(H3,23,24,28,29)/t17-/m0/s1. The van der Waals surface area contributed by atoms with Crippen LogP contribution >= 0.6 is 23.4 Å². The van der Waals surface area contributed by atoms with Crippen molar-refractivity contribution in [2.45, 2.75) is 31.2 Å². The lowest BCUT2D eigenvalue weighted by Gasteiger charge is -2.19. The van der Waals surface area contributed by atoms with Crippen molar-refractivity contribution in [2.24, 2.45) is 11.7 Å². The third-order valence-corrected chi connectivity index (χ3v) is 6.17. The number of nitrogens with two attached hydrogens (primary N) is 1. The Kier molecular flexibility index (Phi) is 6.79. The number of carbonyl (C=O) groups is 2. The zero-order valence-electron chi connectivity index (χ0n) is 16.8. The normalized spacial score (nSPS) is 12.0. The summed E-state index contributed by atoms with van der Waals surface area (Å²) in [6, 6.07) is 14.3. The largest absolute Gasteiger partial charge is 0.351 e. The van der Waals surface area contributed by atoms with Crippen molar-refractivity contribution in [1.29, 1.82) is 0 Å². The fraction of sp³-hybridized carbons (Fsp3) is 0.238. The molecule has 0 aliphatic heterocycles. The van der Waals surface area contributed by atoms with Crippen molar-refractivity contribution in [3.63, 3.8) is 0 Å². The zero-order valence-corrected chi connectivity index (χ0v) is 18.4. The van der Waals surface area contributed by atoms with Gasteiger partial charge in [-0.2, -0.15) is 0 Å². The molecule has 0 radical (unpaired) electrons. The minimum atomic E-state index is -0.881. The Morgan fingerprint density at radius 1 is 1.10 bits per heavy atom. The van der Waals surface area contributed by atoms with Gasteiger partial charge in [0.25, 0.3) is 0 Å². The smallest absolute Gasteiger partial charge is 0.318 e. The van der Waals surface area contributed by atoms with E-state index in [1.54, 1.807) is 12.1 Å². The maximum atomic E-state index is 12.5. The maximum Gasteiger partial charge on any atom is 0.318 e. The number of amides is 3. The Morgan fingerprint density at radius 2 is 1.77 bits per heavy atom. The van der Waals surface area contributed by atoms with Gasteiger partial charge in [-0.25, -0.2) is 4.79 Å². The number of nitrogens with one attached hydrogen (secondary N) is 1. The molecule has 0 spiro atoms. The van der Waals surface area contributed by atoms with Crippen LogP contribution in [0.4, 0.5) is 4.79 Å². The second kappa shape index (κ2) is 9.32. The van der Waals surface area contributed by atoms with E-state index in [4.69, 9.17) is 17.3 Å². The number of nitrogens with zero attached hydrogens (tertiary/aromatic N) is 3. The summed E-state index contributed by atoms with van der Waals surface area (Å²) in [5.41, 5.74) is 7.89. The Morgan fingerprint density at radius 3 is 2.37 bits per heavy atom. The molecule has 2 aromatic carbocycles. The molecular weight excluding hydrogens is 422 g/mol. The van der Waals surface area contributed by atoms with Gasteiger partial charge in [-0.3, -0.25) is 14.7 Å². The lowest BCUT2D eigenvalue weighted by atomic mass is 10.1. The Hall–Kier alpha value is -2.84. The van der Waals surface area contributed by atoms with Gasteiger partial charge in [0.1, 0.15) is 0 Å². The summed E-state index contributed by atoms with van der Waals surface area (Å²) < 4.78 is 1.91. The van der Waals surface area contributed by atoms with Crippen LogP contribution in [0, 0.1) is 12.8 Å². The number of para-hydroxylation sites is 1. The fourth-order valence-electron chi connectivity index (χ4n) is 2.96. The van der Waals surface area contributed by atoms with Crippen molar-refractivity contribution in [3.8, 4) is 17.1 Å². The quantitative estimate of drug-likeness (QED) is 0.555.